The molecule has 2 unspecified atom stereocenters. The molecule has 0 aliphatic heterocycles. The van der Waals surface area contributed by atoms with E-state index in [2.05, 4.69) is 5.32 Å². The van der Waals surface area contributed by atoms with E-state index in [1.807, 2.05) is 0 Å². The quantitative estimate of drug-likeness (QED) is 0.782. The molecule has 130 valence electrons. The molecule has 7 nitrogen and oxygen atoms in total. The number of allylic oxidation sites excluding steroid dienone is 2. The van der Waals surface area contributed by atoms with Crippen LogP contribution in [0.4, 0.5) is 5.69 Å². The molecular formula is C16H20N2O5S. The maximum atomic E-state index is 12.4. The van der Waals surface area contributed by atoms with E-state index in [1.54, 1.807) is 18.2 Å². The Bertz CT molecular complexity index is 770. The van der Waals surface area contributed by atoms with Crippen molar-refractivity contribution in [2.45, 2.75) is 17.7 Å². The Hall–Kier alpha value is -2.19. The number of nitrogens with zero attached hydrogens (tertiary/aromatic N) is 1. The number of carboxylic acid groups (broad SMARTS) is 1. The summed E-state index contributed by atoms with van der Waals surface area (Å²) in [5.41, 5.74) is 0.321. The van der Waals surface area contributed by atoms with Crippen LogP contribution in [0.5, 0.6) is 0 Å². The minimum Gasteiger partial charge on any atom is -0.481 e. The molecule has 1 aliphatic rings. The minimum absolute atomic E-state index is 0.0589. The zero-order valence-electron chi connectivity index (χ0n) is 13.5. The topological polar surface area (TPSA) is 104 Å². The van der Waals surface area contributed by atoms with Gasteiger partial charge in [0.2, 0.25) is 15.9 Å². The highest BCUT2D eigenvalue weighted by atomic mass is 32.2. The summed E-state index contributed by atoms with van der Waals surface area (Å²) in [4.78, 5) is 23.8. The summed E-state index contributed by atoms with van der Waals surface area (Å²) >= 11 is 0. The average Bonchev–Trinajstić information content (AvgIpc) is 2.54. The average molecular weight is 352 g/mol. The first-order chi connectivity index (χ1) is 11.2. The number of sulfonamides is 1. The summed E-state index contributed by atoms with van der Waals surface area (Å²) in [5, 5.41) is 11.9. The molecule has 0 fully saturated rings. The summed E-state index contributed by atoms with van der Waals surface area (Å²) in [7, 11) is -0.761. The van der Waals surface area contributed by atoms with Crippen molar-refractivity contribution in [1.82, 2.24) is 4.31 Å². The number of amides is 1. The SMILES string of the molecule is CN(C)S(=O)(=O)c1cccc(NC(=O)C2CC=CCC2C(=O)O)c1. The normalized spacial score (nSPS) is 20.8. The van der Waals surface area contributed by atoms with E-state index in [1.165, 1.54) is 32.3 Å². The first-order valence-corrected chi connectivity index (χ1v) is 8.88. The number of carbonyl (C=O) groups excluding carboxylic acids is 1. The number of carbonyl (C=O) groups is 2. The lowest BCUT2D eigenvalue weighted by Gasteiger charge is -2.24. The molecule has 1 aromatic carbocycles. The summed E-state index contributed by atoms with van der Waals surface area (Å²) in [5.74, 6) is -2.89. The van der Waals surface area contributed by atoms with Gasteiger partial charge in [-0.1, -0.05) is 18.2 Å². The summed E-state index contributed by atoms with van der Waals surface area (Å²) in [6, 6.07) is 5.90. The molecular weight excluding hydrogens is 332 g/mol. The Morgan fingerprint density at radius 2 is 1.79 bits per heavy atom. The highest BCUT2D eigenvalue weighted by Gasteiger charge is 2.34. The maximum Gasteiger partial charge on any atom is 0.307 e. The van der Waals surface area contributed by atoms with Crippen molar-refractivity contribution >= 4 is 27.6 Å². The number of hydrogen-bond donors (Lipinski definition) is 2. The van der Waals surface area contributed by atoms with E-state index in [0.29, 0.717) is 18.5 Å². The number of aliphatic carboxylic acids is 1. The van der Waals surface area contributed by atoms with E-state index in [4.69, 9.17) is 0 Å². The van der Waals surface area contributed by atoms with Crippen molar-refractivity contribution in [2.24, 2.45) is 11.8 Å². The van der Waals surface area contributed by atoms with E-state index >= 15 is 0 Å². The number of hydrogen-bond acceptors (Lipinski definition) is 4. The lowest BCUT2D eigenvalue weighted by atomic mass is 9.82. The highest BCUT2D eigenvalue weighted by molar-refractivity contribution is 7.89. The highest BCUT2D eigenvalue weighted by Crippen LogP contribution is 2.27. The van der Waals surface area contributed by atoms with Crippen molar-refractivity contribution in [1.29, 1.82) is 0 Å². The van der Waals surface area contributed by atoms with E-state index in [9.17, 15) is 23.1 Å². The Morgan fingerprint density at radius 1 is 1.17 bits per heavy atom. The zero-order valence-corrected chi connectivity index (χ0v) is 14.3. The van der Waals surface area contributed by atoms with Gasteiger partial charge in [-0.05, 0) is 31.0 Å². The molecule has 0 saturated heterocycles. The van der Waals surface area contributed by atoms with Gasteiger partial charge in [0.05, 0.1) is 16.7 Å². The molecule has 1 amide bonds. The predicted molar refractivity (Wildman–Crippen MR) is 88.9 cm³/mol. The molecule has 1 aliphatic carbocycles. The second-order valence-corrected chi connectivity index (χ2v) is 7.95. The third-order valence-electron chi connectivity index (χ3n) is 3.97. The molecule has 1 aromatic rings. The molecule has 8 heteroatoms. The molecule has 2 atom stereocenters. The van der Waals surface area contributed by atoms with Crippen LogP contribution in [0.3, 0.4) is 0 Å². The lowest BCUT2D eigenvalue weighted by Crippen LogP contribution is -2.34. The van der Waals surface area contributed by atoms with Crippen molar-refractivity contribution in [2.75, 3.05) is 19.4 Å². The van der Waals surface area contributed by atoms with Gasteiger partial charge in [0, 0.05) is 19.8 Å². The van der Waals surface area contributed by atoms with Gasteiger partial charge in [0.25, 0.3) is 0 Å². The Balaban J connectivity index is 2.21. The fraction of sp³-hybridized carbons (Fsp3) is 0.375. The molecule has 0 bridgehead atoms. The number of rotatable bonds is 5. The fourth-order valence-corrected chi connectivity index (χ4v) is 3.51. The zero-order chi connectivity index (χ0) is 17.9. The number of nitrogens with one attached hydrogen (secondary N) is 1. The molecule has 0 radical (unpaired) electrons. The van der Waals surface area contributed by atoms with Gasteiger partial charge in [0.1, 0.15) is 0 Å². The molecule has 24 heavy (non-hydrogen) atoms. The first kappa shape index (κ1) is 18.2. The summed E-state index contributed by atoms with van der Waals surface area (Å²) < 4.78 is 25.4. The standard InChI is InChI=1S/C16H20N2O5S/c1-18(2)24(22,23)12-7-5-6-11(10-12)17-15(19)13-8-3-4-9-14(13)16(20)21/h3-7,10,13-14H,8-9H2,1-2H3,(H,17,19)(H,20,21). The third kappa shape index (κ3) is 3.82. The van der Waals surface area contributed by atoms with Crippen LogP contribution in [0.15, 0.2) is 41.3 Å². The smallest absolute Gasteiger partial charge is 0.307 e. The second-order valence-electron chi connectivity index (χ2n) is 5.80. The molecule has 0 saturated carbocycles. The maximum absolute atomic E-state index is 12.4. The number of carboxylic acids is 1. The van der Waals surface area contributed by atoms with Crippen LogP contribution in [0, 0.1) is 11.8 Å². The van der Waals surface area contributed by atoms with Gasteiger partial charge >= 0.3 is 5.97 Å². The van der Waals surface area contributed by atoms with Gasteiger partial charge in [-0.2, -0.15) is 0 Å². The first-order valence-electron chi connectivity index (χ1n) is 7.44. The third-order valence-corrected chi connectivity index (χ3v) is 5.78. The monoisotopic (exact) mass is 352 g/mol. The van der Waals surface area contributed by atoms with Crippen LogP contribution in [-0.2, 0) is 19.6 Å². The van der Waals surface area contributed by atoms with Crippen molar-refractivity contribution in [3.05, 3.63) is 36.4 Å². The van der Waals surface area contributed by atoms with Gasteiger partial charge < -0.3 is 10.4 Å². The molecule has 2 rings (SSSR count). The van der Waals surface area contributed by atoms with Crippen LogP contribution in [0.25, 0.3) is 0 Å². The van der Waals surface area contributed by atoms with Gasteiger partial charge in [0.15, 0.2) is 0 Å². The van der Waals surface area contributed by atoms with E-state index in [0.717, 1.165) is 4.31 Å². The van der Waals surface area contributed by atoms with Crippen LogP contribution in [0.1, 0.15) is 12.8 Å². The summed E-state index contributed by atoms with van der Waals surface area (Å²) in [6.07, 6.45) is 4.20. The van der Waals surface area contributed by atoms with Crippen molar-refractivity contribution in [3.63, 3.8) is 0 Å². The Labute approximate surface area is 141 Å². The van der Waals surface area contributed by atoms with Gasteiger partial charge in [-0.25, -0.2) is 12.7 Å². The summed E-state index contributed by atoms with van der Waals surface area (Å²) in [6.45, 7) is 0. The van der Waals surface area contributed by atoms with E-state index in [-0.39, 0.29) is 4.90 Å². The Kier molecular flexibility index (Phi) is 5.40. The van der Waals surface area contributed by atoms with E-state index < -0.39 is 33.7 Å². The van der Waals surface area contributed by atoms with Crippen LogP contribution in [-0.4, -0.2) is 43.8 Å². The van der Waals surface area contributed by atoms with Gasteiger partial charge in [-0.15, -0.1) is 0 Å². The lowest BCUT2D eigenvalue weighted by molar-refractivity contribution is -0.146. The molecule has 2 N–H and O–H groups in total. The molecule has 0 spiro atoms. The molecule has 0 aromatic heterocycles. The van der Waals surface area contributed by atoms with Gasteiger partial charge in [-0.3, -0.25) is 9.59 Å². The van der Waals surface area contributed by atoms with Crippen LogP contribution < -0.4 is 5.32 Å². The van der Waals surface area contributed by atoms with Crippen molar-refractivity contribution < 1.29 is 23.1 Å². The largest absolute Gasteiger partial charge is 0.481 e. The van der Waals surface area contributed by atoms with Crippen molar-refractivity contribution in [3.8, 4) is 0 Å². The van der Waals surface area contributed by atoms with Crippen LogP contribution >= 0.6 is 0 Å². The minimum atomic E-state index is -3.61. The Morgan fingerprint density at radius 3 is 2.38 bits per heavy atom. The number of anilines is 1. The fourth-order valence-electron chi connectivity index (χ4n) is 2.56. The predicted octanol–water partition coefficient (Wildman–Crippen LogP) is 1.54. The number of benzene rings is 1. The molecule has 0 heterocycles. The van der Waals surface area contributed by atoms with Crippen LogP contribution in [0.2, 0.25) is 0 Å². The second kappa shape index (κ2) is 7.14.